The molecule has 5 atom stereocenters. The van der Waals surface area contributed by atoms with Crippen LogP contribution < -0.4 is 0 Å². The Morgan fingerprint density at radius 2 is 1.83 bits per heavy atom. The van der Waals surface area contributed by atoms with Gasteiger partial charge < -0.3 is 4.74 Å². The van der Waals surface area contributed by atoms with Gasteiger partial charge in [-0.1, -0.05) is 6.08 Å². The molecule has 0 aliphatic heterocycles. The largest absolute Gasteiger partial charge is 0.454 e. The lowest BCUT2D eigenvalue weighted by atomic mass is 9.77. The Kier molecular flexibility index (Phi) is 3.43. The van der Waals surface area contributed by atoms with Crippen LogP contribution in [-0.2, 0) is 4.74 Å². The Bertz CT molecular complexity index is 666. The van der Waals surface area contributed by atoms with E-state index in [0.717, 1.165) is 12.3 Å². The third-order valence-corrected chi connectivity index (χ3v) is 5.80. The molecule has 2 fully saturated rings. The molecule has 120 valence electrons. The smallest absolute Gasteiger partial charge is 0.338 e. The first kappa shape index (κ1) is 14.4. The molecule has 4 rings (SSSR count). The molecule has 0 N–H and O–H groups in total. The second kappa shape index (κ2) is 5.48. The highest BCUT2D eigenvalue weighted by atomic mass is 16.6. The molecule has 1 aromatic carbocycles. The number of rotatable bonds is 3. The van der Waals surface area contributed by atoms with E-state index in [9.17, 15) is 14.9 Å². The maximum atomic E-state index is 12.3. The average Bonchev–Trinajstić information content (AvgIpc) is 3.16. The molecule has 0 unspecified atom stereocenters. The highest BCUT2D eigenvalue weighted by Gasteiger charge is 2.49. The maximum absolute atomic E-state index is 12.3. The van der Waals surface area contributed by atoms with Crippen LogP contribution in [0.25, 0.3) is 0 Å². The van der Waals surface area contributed by atoms with Crippen molar-refractivity contribution in [1.29, 1.82) is 0 Å². The van der Waals surface area contributed by atoms with Gasteiger partial charge in [-0.25, -0.2) is 4.79 Å². The molecule has 5 heteroatoms. The third kappa shape index (κ3) is 2.44. The lowest BCUT2D eigenvalue weighted by Crippen LogP contribution is -2.34. The van der Waals surface area contributed by atoms with Gasteiger partial charge in [0.15, 0.2) is 0 Å². The van der Waals surface area contributed by atoms with Gasteiger partial charge in [-0.2, -0.15) is 0 Å². The highest BCUT2D eigenvalue weighted by Crippen LogP contribution is 2.54. The number of allylic oxidation sites excluding steroid dienone is 1. The van der Waals surface area contributed by atoms with E-state index in [1.165, 1.54) is 43.5 Å². The summed E-state index contributed by atoms with van der Waals surface area (Å²) in [7, 11) is 0. The van der Waals surface area contributed by atoms with Crippen LogP contribution in [0.1, 0.15) is 36.0 Å². The van der Waals surface area contributed by atoms with Gasteiger partial charge in [-0.05, 0) is 61.6 Å². The number of benzene rings is 1. The number of carbonyl (C=O) groups is 1. The van der Waals surface area contributed by atoms with Crippen molar-refractivity contribution in [2.24, 2.45) is 23.7 Å². The van der Waals surface area contributed by atoms with Gasteiger partial charge in [0.1, 0.15) is 6.10 Å². The van der Waals surface area contributed by atoms with Crippen LogP contribution in [-0.4, -0.2) is 17.0 Å². The van der Waals surface area contributed by atoms with Gasteiger partial charge in [0.2, 0.25) is 0 Å². The van der Waals surface area contributed by atoms with Gasteiger partial charge in [-0.3, -0.25) is 10.1 Å². The first-order valence-corrected chi connectivity index (χ1v) is 8.27. The number of hydrogen-bond donors (Lipinski definition) is 0. The zero-order valence-corrected chi connectivity index (χ0v) is 12.8. The summed E-state index contributed by atoms with van der Waals surface area (Å²) in [4.78, 5) is 22.5. The fourth-order valence-corrected chi connectivity index (χ4v) is 4.78. The summed E-state index contributed by atoms with van der Waals surface area (Å²) >= 11 is 0. The maximum Gasteiger partial charge on any atom is 0.338 e. The van der Waals surface area contributed by atoms with Gasteiger partial charge >= 0.3 is 5.97 Å². The monoisotopic (exact) mass is 313 g/mol. The Morgan fingerprint density at radius 1 is 1.09 bits per heavy atom. The zero-order valence-electron chi connectivity index (χ0n) is 12.8. The normalized spacial score (nSPS) is 34.2. The molecule has 3 aliphatic carbocycles. The molecule has 2 saturated carbocycles. The first-order valence-electron chi connectivity index (χ1n) is 8.27. The summed E-state index contributed by atoms with van der Waals surface area (Å²) in [5.41, 5.74) is 0.346. The summed E-state index contributed by atoms with van der Waals surface area (Å²) < 4.78 is 5.72. The van der Waals surface area contributed by atoms with Crippen LogP contribution in [0, 0.1) is 33.8 Å². The van der Waals surface area contributed by atoms with Crippen molar-refractivity contribution in [3.8, 4) is 0 Å². The quantitative estimate of drug-likeness (QED) is 0.369. The van der Waals surface area contributed by atoms with E-state index < -0.39 is 10.9 Å². The minimum atomic E-state index is -0.474. The van der Waals surface area contributed by atoms with Crippen LogP contribution in [0.15, 0.2) is 36.4 Å². The van der Waals surface area contributed by atoms with Crippen molar-refractivity contribution in [1.82, 2.24) is 0 Å². The fraction of sp³-hybridized carbons (Fsp3) is 0.500. The van der Waals surface area contributed by atoms with Crippen LogP contribution in [0.3, 0.4) is 0 Å². The van der Waals surface area contributed by atoms with Crippen molar-refractivity contribution < 1.29 is 14.5 Å². The number of nitro benzene ring substituents is 1. The minimum absolute atomic E-state index is 0.0217. The molecule has 0 aromatic heterocycles. The first-order chi connectivity index (χ1) is 11.1. The lowest BCUT2D eigenvalue weighted by molar-refractivity contribution is -0.384. The van der Waals surface area contributed by atoms with Crippen LogP contribution in [0.5, 0.6) is 0 Å². The number of carbonyl (C=O) groups excluding carboxylic acids is 1. The molecule has 5 nitrogen and oxygen atoms in total. The summed E-state index contributed by atoms with van der Waals surface area (Å²) in [6.07, 6.45) is 9.10. The van der Waals surface area contributed by atoms with Crippen molar-refractivity contribution >= 4 is 11.7 Å². The predicted octanol–water partition coefficient (Wildman–Crippen LogP) is 3.74. The Morgan fingerprint density at radius 3 is 2.57 bits per heavy atom. The topological polar surface area (TPSA) is 69.4 Å². The molecule has 23 heavy (non-hydrogen) atoms. The molecule has 0 heterocycles. The molecular formula is C18H19NO4. The molecular weight excluding hydrogens is 294 g/mol. The molecule has 0 bridgehead atoms. The summed E-state index contributed by atoms with van der Waals surface area (Å²) in [5.74, 6) is 2.20. The molecule has 0 spiro atoms. The minimum Gasteiger partial charge on any atom is -0.454 e. The number of nitrogens with zero attached hydrogens (tertiary/aromatic N) is 1. The van der Waals surface area contributed by atoms with E-state index in [0.29, 0.717) is 23.3 Å². The van der Waals surface area contributed by atoms with Gasteiger partial charge in [0, 0.05) is 18.1 Å². The molecule has 1 aromatic rings. The number of nitro groups is 1. The van der Waals surface area contributed by atoms with Crippen LogP contribution >= 0.6 is 0 Å². The molecule has 0 saturated heterocycles. The standard InChI is InChI=1S/C18H19NO4/c20-18(13-3-7-14(8-4-13)19(21)22)23-16-10-6-12-2-1-11-5-9-15(16)17(11)12/h3-4,6-8,10-12,15-17H,1-2,5,9H2/t11-,12+,15-,16+,17+/m1/s1. The van der Waals surface area contributed by atoms with Crippen molar-refractivity contribution in [2.45, 2.75) is 31.8 Å². The van der Waals surface area contributed by atoms with Gasteiger partial charge in [-0.15, -0.1) is 0 Å². The molecule has 3 aliphatic rings. The summed E-state index contributed by atoms with van der Waals surface area (Å²) in [5, 5.41) is 10.7. The Hall–Kier alpha value is -2.17. The SMILES string of the molecule is O=C(O[C@H]1C=C[C@@H]2CC[C@@H]3CC[C@H]1[C@@H]32)c1ccc([N+](=O)[O-])cc1. The number of non-ortho nitro benzene ring substituents is 1. The fourth-order valence-electron chi connectivity index (χ4n) is 4.78. The Labute approximate surface area is 134 Å². The van der Waals surface area contributed by atoms with E-state index in [-0.39, 0.29) is 11.8 Å². The van der Waals surface area contributed by atoms with E-state index in [4.69, 9.17) is 4.74 Å². The molecule has 0 amide bonds. The van der Waals surface area contributed by atoms with Crippen molar-refractivity contribution in [2.75, 3.05) is 0 Å². The average molecular weight is 313 g/mol. The van der Waals surface area contributed by atoms with Crippen LogP contribution in [0.2, 0.25) is 0 Å². The Balaban J connectivity index is 1.48. The van der Waals surface area contributed by atoms with E-state index in [2.05, 4.69) is 12.2 Å². The zero-order chi connectivity index (χ0) is 16.0. The van der Waals surface area contributed by atoms with Crippen molar-refractivity contribution in [3.63, 3.8) is 0 Å². The van der Waals surface area contributed by atoms with Gasteiger partial charge in [0.05, 0.1) is 10.5 Å². The van der Waals surface area contributed by atoms with E-state index in [1.807, 2.05) is 0 Å². The predicted molar refractivity (Wildman–Crippen MR) is 83.9 cm³/mol. The highest BCUT2D eigenvalue weighted by molar-refractivity contribution is 5.89. The van der Waals surface area contributed by atoms with Crippen LogP contribution in [0.4, 0.5) is 5.69 Å². The van der Waals surface area contributed by atoms with E-state index in [1.54, 1.807) is 0 Å². The second-order valence-corrected chi connectivity index (χ2v) is 6.88. The molecule has 0 radical (unpaired) electrons. The number of ether oxygens (including phenoxy) is 1. The number of hydrogen-bond acceptors (Lipinski definition) is 4. The van der Waals surface area contributed by atoms with Gasteiger partial charge in [0.25, 0.3) is 5.69 Å². The summed E-state index contributed by atoms with van der Waals surface area (Å²) in [6.45, 7) is 0. The van der Waals surface area contributed by atoms with Crippen molar-refractivity contribution in [3.05, 3.63) is 52.1 Å². The summed E-state index contributed by atoms with van der Waals surface area (Å²) in [6, 6.07) is 5.60. The number of esters is 1. The third-order valence-electron chi connectivity index (χ3n) is 5.80. The van der Waals surface area contributed by atoms with E-state index >= 15 is 0 Å². The lowest BCUT2D eigenvalue weighted by Gasteiger charge is -2.33. The second-order valence-electron chi connectivity index (χ2n) is 6.88.